The molecule has 0 aromatic carbocycles. The van der Waals surface area contributed by atoms with Gasteiger partial charge in [-0.05, 0) is 19.1 Å². The van der Waals surface area contributed by atoms with Gasteiger partial charge in [-0.25, -0.2) is 19.6 Å². The number of nitrogens with one attached hydrogen (secondary N) is 2. The maximum atomic E-state index is 10.5. The molecular weight excluding hydrogens is 522 g/mol. The van der Waals surface area contributed by atoms with Gasteiger partial charge >= 0.3 is 0 Å². The summed E-state index contributed by atoms with van der Waals surface area (Å²) >= 11 is 7.56. The van der Waals surface area contributed by atoms with Crippen LogP contribution in [-0.4, -0.2) is 45.3 Å². The summed E-state index contributed by atoms with van der Waals surface area (Å²) in [6.45, 7) is 18.3. The van der Waals surface area contributed by atoms with E-state index in [-0.39, 0.29) is 0 Å². The first kappa shape index (κ1) is 37.1. The van der Waals surface area contributed by atoms with Crippen LogP contribution in [0, 0.1) is 6.92 Å². The first-order valence-corrected chi connectivity index (χ1v) is 14.0. The first-order valence-electron chi connectivity index (χ1n) is 12.8. The van der Waals surface area contributed by atoms with E-state index in [4.69, 9.17) is 16.3 Å². The zero-order valence-corrected chi connectivity index (χ0v) is 26.2. The summed E-state index contributed by atoms with van der Waals surface area (Å²) in [6.07, 6.45) is 7.45. The van der Waals surface area contributed by atoms with Crippen molar-refractivity contribution in [3.63, 3.8) is 0 Å². The molecule has 0 fully saturated rings. The minimum atomic E-state index is 0.401. The Bertz CT molecular complexity index is 1140. The molecule has 0 bridgehead atoms. The van der Waals surface area contributed by atoms with Crippen LogP contribution >= 0.6 is 22.9 Å². The van der Waals surface area contributed by atoms with Crippen LogP contribution in [-0.2, 0) is 16.1 Å². The van der Waals surface area contributed by atoms with Crippen LogP contribution in [0.3, 0.4) is 0 Å². The van der Waals surface area contributed by atoms with Gasteiger partial charge in [-0.1, -0.05) is 78.3 Å². The second-order valence-corrected chi connectivity index (χ2v) is 7.55. The van der Waals surface area contributed by atoms with Gasteiger partial charge in [0.05, 0.1) is 40.4 Å². The normalized spacial score (nSPS) is 8.84. The number of rotatable bonds is 6. The van der Waals surface area contributed by atoms with Crippen molar-refractivity contribution in [1.29, 1.82) is 0 Å². The number of halogens is 1. The third-order valence-corrected chi connectivity index (χ3v) is 5.13. The molecule has 11 heteroatoms. The molecule has 0 atom stereocenters. The van der Waals surface area contributed by atoms with E-state index < -0.39 is 0 Å². The van der Waals surface area contributed by atoms with Crippen LogP contribution in [0.5, 0.6) is 0 Å². The third kappa shape index (κ3) is 11.5. The maximum Gasteiger partial charge on any atom is 0.211 e. The number of aryl methyl sites for hydroxylation is 1. The lowest BCUT2D eigenvalue weighted by Crippen LogP contribution is -2.01. The molecular formula is C27H44ClN7O2S. The molecule has 0 saturated heterocycles. The average molecular weight is 566 g/mol. The summed E-state index contributed by atoms with van der Waals surface area (Å²) in [7, 11) is 3.43. The number of fused-ring (bicyclic) bond motifs is 1. The summed E-state index contributed by atoms with van der Waals surface area (Å²) in [6, 6.07) is 3.63. The standard InChI is InChI=1S/C10H11N3O2S.C9H9ClN4.4C2H6/c1-6-13-9-7(4-15-2)8(12-5-14)3-11-10(9)16-6;1-11-7-5-8(10)9(12-6-7)14-4-2-3-13-14;4*1-2/h3,5H,4H2,1-2H3,(H,12,14);2-6,11H,1H3;4*1-2H3. The molecule has 0 aliphatic rings. The number of ether oxygens (including phenoxy) is 1. The quantitative estimate of drug-likeness (QED) is 0.230. The van der Waals surface area contributed by atoms with Crippen molar-refractivity contribution in [3.05, 3.63) is 52.5 Å². The number of hydrogen-bond donors (Lipinski definition) is 2. The van der Waals surface area contributed by atoms with Crippen molar-refractivity contribution in [3.8, 4) is 5.82 Å². The largest absolute Gasteiger partial charge is 0.387 e. The predicted molar refractivity (Wildman–Crippen MR) is 164 cm³/mol. The second-order valence-electron chi connectivity index (χ2n) is 5.96. The summed E-state index contributed by atoms with van der Waals surface area (Å²) in [5.41, 5.74) is 3.20. The van der Waals surface area contributed by atoms with Crippen LogP contribution in [0.25, 0.3) is 16.2 Å². The fourth-order valence-corrected chi connectivity index (χ4v) is 3.68. The van der Waals surface area contributed by atoms with Crippen molar-refractivity contribution < 1.29 is 9.53 Å². The molecule has 2 N–H and O–H groups in total. The minimum absolute atomic E-state index is 0.401. The Balaban J connectivity index is 0. The minimum Gasteiger partial charge on any atom is -0.387 e. The highest BCUT2D eigenvalue weighted by Crippen LogP contribution is 2.28. The van der Waals surface area contributed by atoms with E-state index in [9.17, 15) is 4.79 Å². The molecule has 4 aromatic heterocycles. The van der Waals surface area contributed by atoms with E-state index in [0.29, 0.717) is 29.5 Å². The number of carbonyl (C=O) groups is 1. The monoisotopic (exact) mass is 565 g/mol. The van der Waals surface area contributed by atoms with Crippen LogP contribution in [0.1, 0.15) is 66.0 Å². The topological polar surface area (TPSA) is 107 Å². The van der Waals surface area contributed by atoms with Crippen LogP contribution in [0.2, 0.25) is 5.02 Å². The molecule has 0 aliphatic heterocycles. The highest BCUT2D eigenvalue weighted by atomic mass is 35.5. The summed E-state index contributed by atoms with van der Waals surface area (Å²) in [5.74, 6) is 0.635. The van der Waals surface area contributed by atoms with Gasteiger partial charge in [-0.15, -0.1) is 0 Å². The number of methoxy groups -OCH3 is 1. The van der Waals surface area contributed by atoms with E-state index in [1.807, 2.05) is 81.5 Å². The molecule has 4 heterocycles. The van der Waals surface area contributed by atoms with Crippen molar-refractivity contribution in [1.82, 2.24) is 24.7 Å². The summed E-state index contributed by atoms with van der Waals surface area (Å²) in [4.78, 5) is 24.2. The van der Waals surface area contributed by atoms with E-state index in [2.05, 4.69) is 30.7 Å². The lowest BCUT2D eigenvalue weighted by atomic mass is 10.2. The summed E-state index contributed by atoms with van der Waals surface area (Å²) < 4.78 is 6.74. The van der Waals surface area contributed by atoms with Crippen molar-refractivity contribution in [2.75, 3.05) is 24.8 Å². The van der Waals surface area contributed by atoms with Crippen molar-refractivity contribution in [2.45, 2.75) is 68.9 Å². The number of thiazole rings is 1. The molecule has 212 valence electrons. The zero-order valence-electron chi connectivity index (χ0n) is 24.6. The highest BCUT2D eigenvalue weighted by Gasteiger charge is 2.12. The Morgan fingerprint density at radius 1 is 1.08 bits per heavy atom. The fraction of sp³-hybridized carbons (Fsp3) is 0.444. The second kappa shape index (κ2) is 23.1. The van der Waals surface area contributed by atoms with Gasteiger partial charge in [0.1, 0.15) is 10.3 Å². The van der Waals surface area contributed by atoms with Gasteiger partial charge in [-0.2, -0.15) is 5.10 Å². The van der Waals surface area contributed by atoms with E-state index in [1.165, 1.54) is 11.3 Å². The molecule has 4 aromatic rings. The molecule has 1 amide bonds. The number of pyridine rings is 2. The van der Waals surface area contributed by atoms with Gasteiger partial charge in [0.2, 0.25) is 6.41 Å². The SMILES string of the molecule is CC.CC.CC.CC.CNc1cnc(-n2cccn2)c(Cl)c1.COCc1c(NC=O)cnc2sc(C)nc12. The van der Waals surface area contributed by atoms with E-state index >= 15 is 0 Å². The van der Waals surface area contributed by atoms with Crippen LogP contribution in [0.15, 0.2) is 36.9 Å². The van der Waals surface area contributed by atoms with Crippen molar-refractivity contribution >= 4 is 51.1 Å². The van der Waals surface area contributed by atoms with E-state index in [0.717, 1.165) is 26.6 Å². The molecule has 0 saturated carbocycles. The molecule has 38 heavy (non-hydrogen) atoms. The Morgan fingerprint density at radius 2 is 1.74 bits per heavy atom. The number of amides is 1. The van der Waals surface area contributed by atoms with Gasteiger partial charge in [-0.3, -0.25) is 4.79 Å². The number of aromatic nitrogens is 5. The predicted octanol–water partition coefficient (Wildman–Crippen LogP) is 7.78. The van der Waals surface area contributed by atoms with E-state index in [1.54, 1.807) is 36.6 Å². The number of nitrogens with zero attached hydrogens (tertiary/aromatic N) is 5. The van der Waals surface area contributed by atoms with Crippen LogP contribution in [0.4, 0.5) is 11.4 Å². The van der Waals surface area contributed by atoms with Crippen molar-refractivity contribution in [2.24, 2.45) is 0 Å². The fourth-order valence-electron chi connectivity index (χ4n) is 2.64. The van der Waals surface area contributed by atoms with Gasteiger partial charge < -0.3 is 15.4 Å². The number of hydrogen-bond acceptors (Lipinski definition) is 8. The third-order valence-electron chi connectivity index (χ3n) is 3.97. The number of carbonyl (C=O) groups excluding carboxylic acids is 1. The lowest BCUT2D eigenvalue weighted by Gasteiger charge is -2.07. The molecule has 4 rings (SSSR count). The maximum absolute atomic E-state index is 10.5. The average Bonchev–Trinajstić information content (AvgIpc) is 3.65. The number of anilines is 2. The Kier molecular flexibility index (Phi) is 22.5. The first-order chi connectivity index (χ1) is 18.6. The van der Waals surface area contributed by atoms with Crippen LogP contribution < -0.4 is 10.6 Å². The van der Waals surface area contributed by atoms with Gasteiger partial charge in [0.25, 0.3) is 0 Å². The van der Waals surface area contributed by atoms with Gasteiger partial charge in [0, 0.05) is 32.1 Å². The molecule has 0 unspecified atom stereocenters. The molecule has 0 radical (unpaired) electrons. The summed E-state index contributed by atoms with van der Waals surface area (Å²) in [5, 5.41) is 11.1. The molecule has 0 aliphatic carbocycles. The Hall–Kier alpha value is -3.08. The molecule has 0 spiro atoms. The molecule has 9 nitrogen and oxygen atoms in total. The smallest absolute Gasteiger partial charge is 0.211 e. The Morgan fingerprint density at radius 3 is 2.24 bits per heavy atom. The van der Waals surface area contributed by atoms with Gasteiger partial charge in [0.15, 0.2) is 5.82 Å². The zero-order chi connectivity index (χ0) is 29.5. The Labute approximate surface area is 237 Å². The lowest BCUT2D eigenvalue weighted by molar-refractivity contribution is -0.105. The highest BCUT2D eigenvalue weighted by molar-refractivity contribution is 7.18.